The monoisotopic (exact) mass is 404 g/mol. The van der Waals surface area contributed by atoms with Gasteiger partial charge in [0.2, 0.25) is 0 Å². The van der Waals surface area contributed by atoms with Gasteiger partial charge < -0.3 is 20.1 Å². The lowest BCUT2D eigenvalue weighted by atomic mass is 9.87. The van der Waals surface area contributed by atoms with Crippen molar-refractivity contribution in [1.82, 2.24) is 9.97 Å². The number of halogens is 2. The highest BCUT2D eigenvalue weighted by molar-refractivity contribution is 5.51. The Morgan fingerprint density at radius 3 is 2.93 bits per heavy atom. The van der Waals surface area contributed by atoms with E-state index in [0.29, 0.717) is 0 Å². The van der Waals surface area contributed by atoms with Crippen LogP contribution in [0.4, 0.5) is 20.4 Å². The number of rotatable bonds is 6. The van der Waals surface area contributed by atoms with Crippen molar-refractivity contribution in [3.8, 4) is 5.75 Å². The van der Waals surface area contributed by atoms with E-state index < -0.39 is 6.61 Å². The highest BCUT2D eigenvalue weighted by atomic mass is 19.3. The van der Waals surface area contributed by atoms with Gasteiger partial charge in [0.05, 0.1) is 6.04 Å². The minimum Gasteiger partial charge on any atom is -0.435 e. The van der Waals surface area contributed by atoms with E-state index in [4.69, 9.17) is 0 Å². The summed E-state index contributed by atoms with van der Waals surface area (Å²) in [6.07, 6.45) is 6.39. The molecule has 0 radical (unpaired) electrons. The van der Waals surface area contributed by atoms with Crippen LogP contribution in [0, 0.1) is 5.92 Å². The lowest BCUT2D eigenvalue weighted by Gasteiger charge is -2.33. The smallest absolute Gasteiger partial charge is 0.387 e. The summed E-state index contributed by atoms with van der Waals surface area (Å²) in [5.41, 5.74) is 2.12. The van der Waals surface area contributed by atoms with Crippen LogP contribution in [-0.2, 0) is 6.42 Å². The van der Waals surface area contributed by atoms with Crippen molar-refractivity contribution >= 4 is 11.6 Å². The van der Waals surface area contributed by atoms with Crippen LogP contribution in [0.1, 0.15) is 42.9 Å². The topological polar surface area (TPSA) is 70.5 Å². The number of anilines is 2. The molecule has 0 spiro atoms. The maximum atomic E-state index is 12.5. The first-order valence-corrected chi connectivity index (χ1v) is 10.1. The Labute approximate surface area is 168 Å². The summed E-state index contributed by atoms with van der Waals surface area (Å²) in [4.78, 5) is 11.0. The number of hydrogen-bond acceptors (Lipinski definition) is 6. The molecule has 4 rings (SSSR count). The standard InChI is InChI=1S/C21H26F2N4O2/c22-21(23)29-16-6-7-17-15(9-16)4-1-5-18(17)26-19-10-20(25-13-24-19)27-8-2-3-14(11-27)12-28/h6-7,9-10,13-14,18,21,28H,1-5,8,11-12H2,(H,24,25,26). The van der Waals surface area contributed by atoms with E-state index in [1.165, 1.54) is 0 Å². The SMILES string of the molecule is OCC1CCCN(c2cc(NC3CCCc4cc(OC(F)F)ccc43)ncn2)C1. The van der Waals surface area contributed by atoms with Crippen LogP contribution in [0.2, 0.25) is 0 Å². The minimum absolute atomic E-state index is 0.0636. The molecular weight excluding hydrogens is 378 g/mol. The Kier molecular flexibility index (Phi) is 6.08. The molecule has 0 saturated carbocycles. The van der Waals surface area contributed by atoms with Crippen molar-refractivity contribution in [3.63, 3.8) is 0 Å². The number of ether oxygens (including phenoxy) is 1. The van der Waals surface area contributed by atoms with Crippen LogP contribution in [0.5, 0.6) is 5.75 Å². The molecule has 8 heteroatoms. The number of aliphatic hydroxyl groups excluding tert-OH is 1. The summed E-state index contributed by atoms with van der Waals surface area (Å²) >= 11 is 0. The summed E-state index contributed by atoms with van der Waals surface area (Å²) in [5, 5.41) is 13.0. The molecule has 2 heterocycles. The van der Waals surface area contributed by atoms with Crippen molar-refractivity contribution in [2.45, 2.75) is 44.8 Å². The number of alkyl halides is 2. The predicted octanol–water partition coefficient (Wildman–Crippen LogP) is 3.78. The second-order valence-corrected chi connectivity index (χ2v) is 7.73. The summed E-state index contributed by atoms with van der Waals surface area (Å²) in [6, 6.07) is 7.18. The van der Waals surface area contributed by atoms with E-state index in [1.54, 1.807) is 18.5 Å². The number of aryl methyl sites for hydroxylation is 1. The van der Waals surface area contributed by atoms with Crippen LogP contribution in [0.3, 0.4) is 0 Å². The van der Waals surface area contributed by atoms with E-state index in [9.17, 15) is 13.9 Å². The molecule has 1 aromatic carbocycles. The van der Waals surface area contributed by atoms with Gasteiger partial charge in [-0.25, -0.2) is 9.97 Å². The highest BCUT2D eigenvalue weighted by Gasteiger charge is 2.23. The molecule has 1 aliphatic heterocycles. The number of piperidine rings is 1. The number of nitrogens with zero attached hydrogens (tertiary/aromatic N) is 3. The number of hydrogen-bond donors (Lipinski definition) is 2. The van der Waals surface area contributed by atoms with Crippen molar-refractivity contribution < 1.29 is 18.6 Å². The largest absolute Gasteiger partial charge is 0.435 e. The first-order chi connectivity index (χ1) is 14.1. The second-order valence-electron chi connectivity index (χ2n) is 7.73. The normalized spacial score (nSPS) is 21.7. The number of aliphatic hydroxyl groups is 1. The average Bonchev–Trinajstić information content (AvgIpc) is 2.73. The molecule has 29 heavy (non-hydrogen) atoms. The van der Waals surface area contributed by atoms with Crippen LogP contribution >= 0.6 is 0 Å². The number of nitrogens with one attached hydrogen (secondary N) is 1. The first kappa shape index (κ1) is 19.8. The lowest BCUT2D eigenvalue weighted by Crippen LogP contribution is -2.37. The van der Waals surface area contributed by atoms with Gasteiger partial charge in [0.25, 0.3) is 0 Å². The highest BCUT2D eigenvalue weighted by Crippen LogP contribution is 2.35. The zero-order valence-corrected chi connectivity index (χ0v) is 16.2. The first-order valence-electron chi connectivity index (χ1n) is 10.1. The number of aromatic nitrogens is 2. The van der Waals surface area contributed by atoms with Gasteiger partial charge in [-0.15, -0.1) is 0 Å². The molecule has 2 aromatic rings. The zero-order valence-electron chi connectivity index (χ0n) is 16.2. The van der Waals surface area contributed by atoms with Crippen molar-refractivity contribution in [3.05, 3.63) is 41.7 Å². The quantitative estimate of drug-likeness (QED) is 0.764. The van der Waals surface area contributed by atoms with Gasteiger partial charge in [0.15, 0.2) is 0 Å². The van der Waals surface area contributed by atoms with Gasteiger partial charge in [-0.1, -0.05) is 6.07 Å². The number of benzene rings is 1. The predicted molar refractivity (Wildman–Crippen MR) is 106 cm³/mol. The molecule has 1 aromatic heterocycles. The van der Waals surface area contributed by atoms with Crippen molar-refractivity contribution in [2.75, 3.05) is 29.9 Å². The van der Waals surface area contributed by atoms with Crippen LogP contribution in [0.25, 0.3) is 0 Å². The molecular formula is C21H26F2N4O2. The Morgan fingerprint density at radius 1 is 1.21 bits per heavy atom. The van der Waals surface area contributed by atoms with E-state index in [0.717, 1.165) is 68.0 Å². The summed E-state index contributed by atoms with van der Waals surface area (Å²) in [6.45, 7) is -0.897. The van der Waals surface area contributed by atoms with Crippen LogP contribution < -0.4 is 15.0 Å². The molecule has 2 unspecified atom stereocenters. The maximum Gasteiger partial charge on any atom is 0.387 e. The van der Waals surface area contributed by atoms with E-state index in [1.807, 2.05) is 12.1 Å². The van der Waals surface area contributed by atoms with Gasteiger partial charge in [0, 0.05) is 25.8 Å². The lowest BCUT2D eigenvalue weighted by molar-refractivity contribution is -0.0499. The third kappa shape index (κ3) is 4.75. The third-order valence-corrected chi connectivity index (χ3v) is 5.73. The van der Waals surface area contributed by atoms with E-state index in [2.05, 4.69) is 24.9 Å². The van der Waals surface area contributed by atoms with Gasteiger partial charge >= 0.3 is 6.61 Å². The summed E-state index contributed by atoms with van der Waals surface area (Å²) in [5.74, 6) is 2.08. The van der Waals surface area contributed by atoms with Gasteiger partial charge in [-0.3, -0.25) is 0 Å². The molecule has 2 N–H and O–H groups in total. The molecule has 1 fully saturated rings. The Hall–Kier alpha value is -2.48. The second kappa shape index (κ2) is 8.90. The van der Waals surface area contributed by atoms with Crippen molar-refractivity contribution in [2.24, 2.45) is 5.92 Å². The number of fused-ring (bicyclic) bond motifs is 1. The molecule has 156 valence electrons. The fourth-order valence-electron chi connectivity index (χ4n) is 4.32. The molecule has 1 saturated heterocycles. The summed E-state index contributed by atoms with van der Waals surface area (Å²) < 4.78 is 29.5. The van der Waals surface area contributed by atoms with Gasteiger partial charge in [-0.05, 0) is 61.3 Å². The minimum atomic E-state index is -2.81. The van der Waals surface area contributed by atoms with Crippen LogP contribution in [0.15, 0.2) is 30.6 Å². The summed E-state index contributed by atoms with van der Waals surface area (Å²) in [7, 11) is 0. The van der Waals surface area contributed by atoms with E-state index >= 15 is 0 Å². The average molecular weight is 404 g/mol. The maximum absolute atomic E-state index is 12.5. The molecule has 6 nitrogen and oxygen atoms in total. The Bertz CT molecular complexity index is 836. The fourth-order valence-corrected chi connectivity index (χ4v) is 4.32. The van der Waals surface area contributed by atoms with E-state index in [-0.39, 0.29) is 24.3 Å². The Morgan fingerprint density at radius 2 is 2.10 bits per heavy atom. The molecule has 0 bridgehead atoms. The van der Waals surface area contributed by atoms with Gasteiger partial charge in [-0.2, -0.15) is 8.78 Å². The fraction of sp³-hybridized carbons (Fsp3) is 0.524. The third-order valence-electron chi connectivity index (χ3n) is 5.73. The van der Waals surface area contributed by atoms with Crippen LogP contribution in [-0.4, -0.2) is 41.4 Å². The van der Waals surface area contributed by atoms with Gasteiger partial charge in [0.1, 0.15) is 23.7 Å². The molecule has 1 aliphatic carbocycles. The molecule has 2 aliphatic rings. The Balaban J connectivity index is 1.49. The van der Waals surface area contributed by atoms with Crippen molar-refractivity contribution in [1.29, 1.82) is 0 Å². The molecule has 2 atom stereocenters. The molecule has 0 amide bonds. The zero-order chi connectivity index (χ0) is 20.2.